The Morgan fingerprint density at radius 3 is 2.29 bits per heavy atom. The van der Waals surface area contributed by atoms with Crippen LogP contribution in [0.15, 0.2) is 77.7 Å². The zero-order valence-corrected chi connectivity index (χ0v) is 14.7. The lowest BCUT2D eigenvalue weighted by atomic mass is 9.97. The first-order valence-electron chi connectivity index (χ1n) is 7.69. The van der Waals surface area contributed by atoms with Crippen LogP contribution in [0.4, 0.5) is 0 Å². The second-order valence-electron chi connectivity index (χ2n) is 5.79. The zero-order chi connectivity index (χ0) is 16.7. The van der Waals surface area contributed by atoms with Crippen LogP contribution in [-0.2, 0) is 10.8 Å². The summed E-state index contributed by atoms with van der Waals surface area (Å²) in [4.78, 5) is 0.805. The molecule has 0 N–H and O–H groups in total. The highest BCUT2D eigenvalue weighted by atomic mass is 35.5. The van der Waals surface area contributed by atoms with Crippen molar-refractivity contribution in [3.63, 3.8) is 0 Å². The van der Waals surface area contributed by atoms with E-state index in [9.17, 15) is 4.21 Å². The third-order valence-corrected chi connectivity index (χ3v) is 5.61. The highest BCUT2D eigenvalue weighted by Gasteiger charge is 2.13. The Morgan fingerprint density at radius 1 is 0.750 bits per heavy atom. The van der Waals surface area contributed by atoms with Crippen molar-refractivity contribution in [3.8, 4) is 11.1 Å². The summed E-state index contributed by atoms with van der Waals surface area (Å²) in [7, 11) is -1.07. The van der Waals surface area contributed by atoms with Gasteiger partial charge < -0.3 is 0 Å². The lowest BCUT2D eigenvalue weighted by molar-refractivity contribution is 0.687. The molecule has 0 aliphatic heterocycles. The second kappa shape index (κ2) is 6.04. The van der Waals surface area contributed by atoms with Crippen molar-refractivity contribution in [3.05, 3.63) is 77.8 Å². The third-order valence-electron chi connectivity index (χ3n) is 4.32. The Labute approximate surface area is 148 Å². The van der Waals surface area contributed by atoms with Crippen LogP contribution in [0.2, 0.25) is 5.02 Å². The summed E-state index contributed by atoms with van der Waals surface area (Å²) >= 11 is 6.57. The maximum absolute atomic E-state index is 12.1. The van der Waals surface area contributed by atoms with Gasteiger partial charge in [-0.15, -0.1) is 0 Å². The topological polar surface area (TPSA) is 17.1 Å². The fraction of sp³-hybridized carbons (Fsp3) is 0.0476. The molecule has 3 heteroatoms. The molecule has 0 aliphatic carbocycles. The van der Waals surface area contributed by atoms with Crippen molar-refractivity contribution < 1.29 is 4.21 Å². The Hall–Kier alpha value is -2.16. The molecular weight excluding hydrogens is 336 g/mol. The van der Waals surface area contributed by atoms with Crippen LogP contribution in [0.5, 0.6) is 0 Å². The molecule has 118 valence electrons. The van der Waals surface area contributed by atoms with Gasteiger partial charge in [-0.05, 0) is 45.3 Å². The van der Waals surface area contributed by atoms with E-state index in [2.05, 4.69) is 30.3 Å². The van der Waals surface area contributed by atoms with Gasteiger partial charge in [-0.25, -0.2) is 0 Å². The summed E-state index contributed by atoms with van der Waals surface area (Å²) in [5, 5.41) is 5.34. The maximum Gasteiger partial charge on any atom is 0.0504 e. The number of halogens is 1. The molecule has 0 bridgehead atoms. The highest BCUT2D eigenvalue weighted by molar-refractivity contribution is 7.84. The molecule has 0 amide bonds. The average Bonchev–Trinajstić information content (AvgIpc) is 2.61. The first kappa shape index (κ1) is 15.4. The molecule has 24 heavy (non-hydrogen) atoms. The quantitative estimate of drug-likeness (QED) is 0.402. The molecule has 4 aromatic rings. The van der Waals surface area contributed by atoms with Crippen LogP contribution >= 0.6 is 11.6 Å². The van der Waals surface area contributed by atoms with Gasteiger partial charge in [0.25, 0.3) is 0 Å². The number of rotatable bonds is 2. The van der Waals surface area contributed by atoms with E-state index >= 15 is 0 Å². The van der Waals surface area contributed by atoms with E-state index in [1.807, 2.05) is 42.5 Å². The van der Waals surface area contributed by atoms with Crippen molar-refractivity contribution >= 4 is 43.9 Å². The largest absolute Gasteiger partial charge is 0.255 e. The summed E-state index contributed by atoms with van der Waals surface area (Å²) in [6.07, 6.45) is 1.70. The minimum absolute atomic E-state index is 0.677. The average molecular weight is 351 g/mol. The lowest BCUT2D eigenvalue weighted by Gasteiger charge is -2.12. The molecule has 0 radical (unpaired) electrons. The minimum Gasteiger partial charge on any atom is -0.255 e. The van der Waals surface area contributed by atoms with Crippen LogP contribution in [0.3, 0.4) is 0 Å². The molecule has 0 saturated carbocycles. The summed E-state index contributed by atoms with van der Waals surface area (Å²) in [6, 6.07) is 24.4. The Bertz CT molecular complexity index is 1100. The molecular formula is C21H15ClOS. The Balaban J connectivity index is 2.08. The van der Waals surface area contributed by atoms with Gasteiger partial charge in [0.05, 0.1) is 10.8 Å². The van der Waals surface area contributed by atoms with Gasteiger partial charge in [0.15, 0.2) is 0 Å². The molecule has 4 aromatic carbocycles. The van der Waals surface area contributed by atoms with Gasteiger partial charge in [-0.2, -0.15) is 0 Å². The van der Waals surface area contributed by atoms with Gasteiger partial charge in [-0.3, -0.25) is 4.21 Å². The fourth-order valence-corrected chi connectivity index (χ4v) is 4.20. The van der Waals surface area contributed by atoms with Crippen molar-refractivity contribution in [2.45, 2.75) is 4.90 Å². The van der Waals surface area contributed by atoms with E-state index in [0.717, 1.165) is 26.8 Å². The second-order valence-corrected chi connectivity index (χ2v) is 7.55. The summed E-state index contributed by atoms with van der Waals surface area (Å²) in [5.41, 5.74) is 1.85. The minimum atomic E-state index is -1.07. The molecule has 0 heterocycles. The van der Waals surface area contributed by atoms with Crippen LogP contribution in [0, 0.1) is 0 Å². The Kier molecular flexibility index (Phi) is 3.87. The van der Waals surface area contributed by atoms with E-state index in [-0.39, 0.29) is 0 Å². The number of hydrogen-bond acceptors (Lipinski definition) is 1. The number of benzene rings is 4. The van der Waals surface area contributed by atoms with E-state index in [4.69, 9.17) is 11.6 Å². The molecule has 1 unspecified atom stereocenters. The molecule has 4 rings (SSSR count). The summed E-state index contributed by atoms with van der Waals surface area (Å²) < 4.78 is 12.1. The van der Waals surface area contributed by atoms with Gasteiger partial charge in [0.1, 0.15) is 0 Å². The van der Waals surface area contributed by atoms with Crippen molar-refractivity contribution in [1.82, 2.24) is 0 Å². The molecule has 1 atom stereocenters. The number of hydrogen-bond donors (Lipinski definition) is 0. The predicted molar refractivity (Wildman–Crippen MR) is 104 cm³/mol. The van der Waals surface area contributed by atoms with Gasteiger partial charge in [-0.1, -0.05) is 66.2 Å². The van der Waals surface area contributed by atoms with Gasteiger partial charge in [0.2, 0.25) is 0 Å². The summed E-state index contributed by atoms with van der Waals surface area (Å²) in [6.45, 7) is 0. The van der Waals surface area contributed by atoms with E-state index in [1.165, 1.54) is 10.8 Å². The van der Waals surface area contributed by atoms with Crippen molar-refractivity contribution in [2.24, 2.45) is 0 Å². The molecule has 0 fully saturated rings. The van der Waals surface area contributed by atoms with Crippen molar-refractivity contribution in [1.29, 1.82) is 0 Å². The monoisotopic (exact) mass is 350 g/mol. The van der Waals surface area contributed by atoms with Gasteiger partial charge in [0, 0.05) is 21.7 Å². The lowest BCUT2D eigenvalue weighted by Crippen LogP contribution is -1.92. The smallest absolute Gasteiger partial charge is 0.0504 e. The van der Waals surface area contributed by atoms with Crippen LogP contribution < -0.4 is 0 Å². The standard InChI is InChI=1S/C21H15ClOS/c1-24(23)21-9-5-4-8-17(21)19-13-18-15(12-20(19)22)11-10-14-6-2-3-7-16(14)18/h2-13H,1H3. The zero-order valence-electron chi connectivity index (χ0n) is 13.1. The molecule has 0 aliphatic rings. The van der Waals surface area contributed by atoms with E-state index < -0.39 is 10.8 Å². The maximum atomic E-state index is 12.1. The molecule has 0 saturated heterocycles. The first-order chi connectivity index (χ1) is 11.6. The molecule has 0 spiro atoms. The van der Waals surface area contributed by atoms with Crippen molar-refractivity contribution in [2.75, 3.05) is 6.26 Å². The Morgan fingerprint density at radius 2 is 1.46 bits per heavy atom. The summed E-state index contributed by atoms with van der Waals surface area (Å²) in [5.74, 6) is 0. The third kappa shape index (κ3) is 2.52. The van der Waals surface area contributed by atoms with Crippen LogP contribution in [0.25, 0.3) is 32.7 Å². The van der Waals surface area contributed by atoms with Crippen LogP contribution in [0.1, 0.15) is 0 Å². The number of fused-ring (bicyclic) bond motifs is 3. The SMILES string of the molecule is CS(=O)c1ccccc1-c1cc2c(ccc3ccccc32)cc1Cl. The van der Waals surface area contributed by atoms with Gasteiger partial charge >= 0.3 is 0 Å². The first-order valence-corrected chi connectivity index (χ1v) is 9.62. The highest BCUT2D eigenvalue weighted by Crippen LogP contribution is 2.37. The van der Waals surface area contributed by atoms with Crippen LogP contribution in [-0.4, -0.2) is 10.5 Å². The molecule has 0 aromatic heterocycles. The molecule has 1 nitrogen and oxygen atoms in total. The normalized spacial score (nSPS) is 12.6. The fourth-order valence-electron chi connectivity index (χ4n) is 3.17. The van der Waals surface area contributed by atoms with E-state index in [1.54, 1.807) is 6.26 Å². The predicted octanol–water partition coefficient (Wildman–Crippen LogP) is 6.05. The van der Waals surface area contributed by atoms with E-state index in [0.29, 0.717) is 5.02 Å².